The van der Waals surface area contributed by atoms with Crippen LogP contribution in [0, 0.1) is 5.41 Å². The SMILES string of the molecule is N=C(N)c1ccc2c(Cc3cccc(-c4ccc(C(N)=O)cc4C(=O)O)c3)cn(Cc3ccccc3)c2c1. The molecule has 1 aromatic heterocycles. The van der Waals surface area contributed by atoms with Crippen molar-refractivity contribution in [2.75, 3.05) is 0 Å². The first-order valence-electron chi connectivity index (χ1n) is 12.1. The Balaban J connectivity index is 1.55. The molecule has 1 amide bonds. The monoisotopic (exact) mass is 502 g/mol. The van der Waals surface area contributed by atoms with E-state index in [-0.39, 0.29) is 17.0 Å². The number of nitrogens with one attached hydrogen (secondary N) is 1. The minimum absolute atomic E-state index is 0.0187. The second-order valence-corrected chi connectivity index (χ2v) is 9.22. The number of benzene rings is 4. The number of carbonyl (C=O) groups is 2. The number of aromatic carboxylic acids is 1. The van der Waals surface area contributed by atoms with Gasteiger partial charge in [0.05, 0.1) is 5.56 Å². The van der Waals surface area contributed by atoms with Crippen molar-refractivity contribution >= 4 is 28.6 Å². The molecule has 0 aliphatic carbocycles. The summed E-state index contributed by atoms with van der Waals surface area (Å²) < 4.78 is 2.17. The molecule has 0 aliphatic rings. The number of rotatable bonds is 8. The summed E-state index contributed by atoms with van der Waals surface area (Å²) in [4.78, 5) is 23.5. The van der Waals surface area contributed by atoms with E-state index >= 15 is 0 Å². The molecule has 1 heterocycles. The van der Waals surface area contributed by atoms with E-state index in [2.05, 4.69) is 22.9 Å². The van der Waals surface area contributed by atoms with Crippen molar-refractivity contribution in [2.24, 2.45) is 11.5 Å². The molecule has 0 fully saturated rings. The zero-order valence-electron chi connectivity index (χ0n) is 20.5. The summed E-state index contributed by atoms with van der Waals surface area (Å²) >= 11 is 0. The summed E-state index contributed by atoms with van der Waals surface area (Å²) in [6.07, 6.45) is 2.74. The van der Waals surface area contributed by atoms with Crippen LogP contribution >= 0.6 is 0 Å². The van der Waals surface area contributed by atoms with Crippen LogP contribution in [0.5, 0.6) is 0 Å². The Labute approximate surface area is 219 Å². The number of primary amides is 1. The molecule has 0 saturated carbocycles. The number of fused-ring (bicyclic) bond motifs is 1. The van der Waals surface area contributed by atoms with Crippen LogP contribution in [0.25, 0.3) is 22.0 Å². The van der Waals surface area contributed by atoms with Crippen LogP contribution in [-0.4, -0.2) is 27.4 Å². The highest BCUT2D eigenvalue weighted by Crippen LogP contribution is 2.29. The first kappa shape index (κ1) is 24.5. The molecule has 5 rings (SSSR count). The number of nitrogens with two attached hydrogens (primary N) is 2. The number of hydrogen-bond acceptors (Lipinski definition) is 3. The van der Waals surface area contributed by atoms with Crippen molar-refractivity contribution in [1.29, 1.82) is 5.41 Å². The predicted octanol–water partition coefficient (Wildman–Crippen LogP) is 5.03. The van der Waals surface area contributed by atoms with Gasteiger partial charge >= 0.3 is 5.97 Å². The van der Waals surface area contributed by atoms with Gasteiger partial charge in [0.15, 0.2) is 0 Å². The second kappa shape index (κ2) is 10.1. The fourth-order valence-electron chi connectivity index (χ4n) is 4.78. The maximum Gasteiger partial charge on any atom is 0.336 e. The third-order valence-corrected chi connectivity index (χ3v) is 6.64. The van der Waals surface area contributed by atoms with Gasteiger partial charge in [-0.2, -0.15) is 0 Å². The lowest BCUT2D eigenvalue weighted by molar-refractivity contribution is 0.0697. The number of hydrogen-bond donors (Lipinski definition) is 4. The second-order valence-electron chi connectivity index (χ2n) is 9.22. The number of amidine groups is 1. The average molecular weight is 503 g/mol. The largest absolute Gasteiger partial charge is 0.478 e. The Morgan fingerprint density at radius 1 is 0.816 bits per heavy atom. The van der Waals surface area contributed by atoms with Gasteiger partial charge in [-0.3, -0.25) is 10.2 Å². The molecule has 0 saturated heterocycles. The molecule has 0 atom stereocenters. The van der Waals surface area contributed by atoms with Crippen LogP contribution in [-0.2, 0) is 13.0 Å². The zero-order valence-corrected chi connectivity index (χ0v) is 20.5. The highest BCUT2D eigenvalue weighted by molar-refractivity contribution is 6.01. The molecule has 7 heteroatoms. The Morgan fingerprint density at radius 3 is 2.26 bits per heavy atom. The van der Waals surface area contributed by atoms with Crippen molar-refractivity contribution in [2.45, 2.75) is 13.0 Å². The lowest BCUT2D eigenvalue weighted by atomic mass is 9.94. The maximum atomic E-state index is 11.9. The molecule has 0 radical (unpaired) electrons. The van der Waals surface area contributed by atoms with Gasteiger partial charge in [-0.1, -0.05) is 72.8 Å². The van der Waals surface area contributed by atoms with Crippen molar-refractivity contribution in [3.8, 4) is 11.1 Å². The molecule has 0 bridgehead atoms. The molecule has 5 aromatic rings. The minimum Gasteiger partial charge on any atom is -0.478 e. The van der Waals surface area contributed by atoms with Gasteiger partial charge in [0.25, 0.3) is 0 Å². The van der Waals surface area contributed by atoms with Crippen LogP contribution in [0.2, 0.25) is 0 Å². The van der Waals surface area contributed by atoms with Crippen LogP contribution in [0.4, 0.5) is 0 Å². The van der Waals surface area contributed by atoms with E-state index in [9.17, 15) is 14.7 Å². The summed E-state index contributed by atoms with van der Waals surface area (Å²) in [5, 5.41) is 18.7. The molecule has 38 heavy (non-hydrogen) atoms. The quantitative estimate of drug-likeness (QED) is 0.175. The Bertz CT molecular complexity index is 1700. The van der Waals surface area contributed by atoms with E-state index in [1.54, 1.807) is 12.1 Å². The molecule has 4 aromatic carbocycles. The molecule has 7 nitrogen and oxygen atoms in total. The number of carboxylic acids is 1. The predicted molar refractivity (Wildman–Crippen MR) is 149 cm³/mol. The number of carboxylic acid groups (broad SMARTS) is 1. The van der Waals surface area contributed by atoms with Crippen molar-refractivity contribution in [3.05, 3.63) is 131 Å². The van der Waals surface area contributed by atoms with Gasteiger partial charge in [0.1, 0.15) is 5.84 Å². The molecule has 6 N–H and O–H groups in total. The highest BCUT2D eigenvalue weighted by Gasteiger charge is 2.16. The van der Waals surface area contributed by atoms with Crippen LogP contribution in [0.3, 0.4) is 0 Å². The Kier molecular flexibility index (Phi) is 6.49. The van der Waals surface area contributed by atoms with E-state index in [1.165, 1.54) is 6.07 Å². The normalized spacial score (nSPS) is 10.9. The summed E-state index contributed by atoms with van der Waals surface area (Å²) in [5.74, 6) is -1.78. The number of nitrogens with zero attached hydrogens (tertiary/aromatic N) is 1. The van der Waals surface area contributed by atoms with Gasteiger partial charge in [0.2, 0.25) is 5.91 Å². The van der Waals surface area contributed by atoms with E-state index in [0.29, 0.717) is 24.1 Å². The molecular weight excluding hydrogens is 476 g/mol. The fourth-order valence-corrected chi connectivity index (χ4v) is 4.78. The van der Waals surface area contributed by atoms with E-state index in [1.807, 2.05) is 60.7 Å². The topological polar surface area (TPSA) is 135 Å². The minimum atomic E-state index is -1.13. The van der Waals surface area contributed by atoms with Gasteiger partial charge in [0, 0.05) is 34.8 Å². The first-order valence-corrected chi connectivity index (χ1v) is 12.1. The summed E-state index contributed by atoms with van der Waals surface area (Å²) in [5.41, 5.74) is 17.5. The average Bonchev–Trinajstić information content (AvgIpc) is 3.24. The molecule has 188 valence electrons. The molecule has 0 unspecified atom stereocenters. The van der Waals surface area contributed by atoms with Gasteiger partial charge in [-0.05, 0) is 52.4 Å². The highest BCUT2D eigenvalue weighted by atomic mass is 16.4. The molecule has 0 aliphatic heterocycles. The molecule has 0 spiro atoms. The number of amides is 1. The summed E-state index contributed by atoms with van der Waals surface area (Å²) in [6, 6.07) is 28.2. The zero-order chi connectivity index (χ0) is 26.8. The third kappa shape index (κ3) is 4.90. The third-order valence-electron chi connectivity index (χ3n) is 6.64. The lowest BCUT2D eigenvalue weighted by Gasteiger charge is -2.10. The Morgan fingerprint density at radius 2 is 1.55 bits per heavy atom. The number of carbonyl (C=O) groups excluding carboxylic acids is 1. The van der Waals surface area contributed by atoms with Crippen molar-refractivity contribution in [1.82, 2.24) is 4.57 Å². The standard InChI is InChI=1S/C31H26N4O3/c32-29(33)22-9-12-26-24(18-35(28(26)16-22)17-19-5-2-1-3-6-19)14-20-7-4-8-21(13-20)25-11-10-23(30(34)36)15-27(25)31(37)38/h1-13,15-16,18H,14,17H2,(H3,32,33)(H2,34,36)(H,37,38). The van der Waals surface area contributed by atoms with Crippen molar-refractivity contribution in [3.63, 3.8) is 0 Å². The van der Waals surface area contributed by atoms with E-state index in [0.717, 1.165) is 33.2 Å². The Hall–Kier alpha value is -5.17. The summed E-state index contributed by atoms with van der Waals surface area (Å²) in [6.45, 7) is 0.674. The number of nitrogen functional groups attached to an aromatic ring is 1. The van der Waals surface area contributed by atoms with Crippen LogP contribution in [0.15, 0.2) is 97.2 Å². The van der Waals surface area contributed by atoms with Gasteiger partial charge < -0.3 is 21.1 Å². The number of aromatic nitrogens is 1. The van der Waals surface area contributed by atoms with E-state index < -0.39 is 11.9 Å². The lowest BCUT2D eigenvalue weighted by Crippen LogP contribution is -2.12. The van der Waals surface area contributed by atoms with Crippen LogP contribution in [0.1, 0.15) is 43.0 Å². The first-order chi connectivity index (χ1) is 18.3. The summed E-state index contributed by atoms with van der Waals surface area (Å²) in [7, 11) is 0. The smallest absolute Gasteiger partial charge is 0.336 e. The van der Waals surface area contributed by atoms with Crippen molar-refractivity contribution < 1.29 is 14.7 Å². The van der Waals surface area contributed by atoms with Gasteiger partial charge in [-0.25, -0.2) is 4.79 Å². The maximum absolute atomic E-state index is 11.9. The van der Waals surface area contributed by atoms with E-state index in [4.69, 9.17) is 16.9 Å². The molecular formula is C31H26N4O3. The fraction of sp³-hybridized carbons (Fsp3) is 0.0645. The van der Waals surface area contributed by atoms with Crippen LogP contribution < -0.4 is 11.5 Å². The van der Waals surface area contributed by atoms with Gasteiger partial charge in [-0.15, -0.1) is 0 Å².